The number of nitrogens with zero attached hydrogens (tertiary/aromatic N) is 1. The average molecular weight is 347 g/mol. The van der Waals surface area contributed by atoms with Crippen LogP contribution >= 0.6 is 11.6 Å². The van der Waals surface area contributed by atoms with E-state index in [2.05, 4.69) is 10.5 Å². The molecule has 5 nitrogen and oxygen atoms in total. The highest BCUT2D eigenvalue weighted by Gasteiger charge is 2.05. The largest absolute Gasteiger partial charge is 0.497 e. The molecule has 0 radical (unpaired) electrons. The summed E-state index contributed by atoms with van der Waals surface area (Å²) >= 11 is 6.15. The lowest BCUT2D eigenvalue weighted by Crippen LogP contribution is -2.17. The van der Waals surface area contributed by atoms with Crippen molar-refractivity contribution in [3.05, 3.63) is 58.6 Å². The van der Waals surface area contributed by atoms with Crippen molar-refractivity contribution in [2.75, 3.05) is 13.7 Å². The first-order chi connectivity index (χ1) is 11.6. The number of hydrogen-bond acceptors (Lipinski definition) is 4. The van der Waals surface area contributed by atoms with Gasteiger partial charge >= 0.3 is 0 Å². The van der Waals surface area contributed by atoms with Crippen molar-refractivity contribution in [1.29, 1.82) is 0 Å². The summed E-state index contributed by atoms with van der Waals surface area (Å²) < 4.78 is 10.6. The van der Waals surface area contributed by atoms with E-state index in [9.17, 15) is 4.79 Å². The van der Waals surface area contributed by atoms with Gasteiger partial charge in [0.1, 0.15) is 11.5 Å². The van der Waals surface area contributed by atoms with Gasteiger partial charge < -0.3 is 9.47 Å². The maximum Gasteiger partial charge on any atom is 0.271 e. The van der Waals surface area contributed by atoms with E-state index >= 15 is 0 Å². The number of carbonyl (C=O) groups excluding carboxylic acids is 1. The topological polar surface area (TPSA) is 59.9 Å². The molecule has 24 heavy (non-hydrogen) atoms. The zero-order valence-electron chi connectivity index (χ0n) is 13.6. The Morgan fingerprint density at radius 1 is 1.29 bits per heavy atom. The summed E-state index contributed by atoms with van der Waals surface area (Å²) in [6, 6.07) is 12.2. The van der Waals surface area contributed by atoms with Crippen molar-refractivity contribution in [2.45, 2.75) is 13.3 Å². The Labute approximate surface area is 146 Å². The smallest absolute Gasteiger partial charge is 0.271 e. The highest BCUT2D eigenvalue weighted by molar-refractivity contribution is 6.32. The summed E-state index contributed by atoms with van der Waals surface area (Å²) in [4.78, 5) is 12.0. The van der Waals surface area contributed by atoms with Crippen LogP contribution in [0.2, 0.25) is 5.02 Å². The molecule has 0 aliphatic carbocycles. The number of amides is 1. The number of hydrogen-bond donors (Lipinski definition) is 1. The molecule has 0 heterocycles. The van der Waals surface area contributed by atoms with Crippen LogP contribution < -0.4 is 14.9 Å². The minimum Gasteiger partial charge on any atom is -0.497 e. The number of methoxy groups -OCH3 is 1. The number of nitrogens with one attached hydrogen (secondary N) is 1. The van der Waals surface area contributed by atoms with Gasteiger partial charge in [-0.2, -0.15) is 5.10 Å². The van der Waals surface area contributed by atoms with Crippen molar-refractivity contribution >= 4 is 23.7 Å². The maximum atomic E-state index is 12.0. The number of rotatable bonds is 7. The molecule has 0 saturated carbocycles. The van der Waals surface area contributed by atoms with Crippen molar-refractivity contribution in [3.63, 3.8) is 0 Å². The predicted octanol–water partition coefficient (Wildman–Crippen LogP) is 3.90. The quantitative estimate of drug-likeness (QED) is 0.611. The van der Waals surface area contributed by atoms with Crippen LogP contribution in [-0.4, -0.2) is 25.8 Å². The summed E-state index contributed by atoms with van der Waals surface area (Å²) in [5.41, 5.74) is 3.69. The third-order valence-electron chi connectivity index (χ3n) is 3.13. The summed E-state index contributed by atoms with van der Waals surface area (Å²) in [7, 11) is 1.55. The molecule has 0 fully saturated rings. The van der Waals surface area contributed by atoms with Crippen LogP contribution in [0.25, 0.3) is 0 Å². The Morgan fingerprint density at radius 2 is 2.12 bits per heavy atom. The fraction of sp³-hybridized carbons (Fsp3) is 0.222. The van der Waals surface area contributed by atoms with Gasteiger partial charge in [-0.3, -0.25) is 4.79 Å². The Balaban J connectivity index is 1.98. The van der Waals surface area contributed by atoms with Gasteiger partial charge in [0.2, 0.25) is 0 Å². The predicted molar refractivity (Wildman–Crippen MR) is 95.3 cm³/mol. The first kappa shape index (κ1) is 17.8. The number of carbonyl (C=O) groups is 1. The van der Waals surface area contributed by atoms with E-state index in [1.54, 1.807) is 43.5 Å². The van der Waals surface area contributed by atoms with Gasteiger partial charge in [-0.25, -0.2) is 5.43 Å². The van der Waals surface area contributed by atoms with Gasteiger partial charge in [-0.05, 0) is 48.4 Å². The summed E-state index contributed by atoms with van der Waals surface area (Å²) in [6.07, 6.45) is 2.43. The van der Waals surface area contributed by atoms with Crippen LogP contribution in [0.4, 0.5) is 0 Å². The molecular weight excluding hydrogens is 328 g/mol. The van der Waals surface area contributed by atoms with Crippen LogP contribution in [0, 0.1) is 0 Å². The molecular formula is C18H19ClN2O3. The number of hydrazone groups is 1. The molecule has 1 amide bonds. The van der Waals surface area contributed by atoms with Crippen LogP contribution in [-0.2, 0) is 0 Å². The Hall–Kier alpha value is -2.53. The van der Waals surface area contributed by atoms with E-state index in [0.29, 0.717) is 28.7 Å². The van der Waals surface area contributed by atoms with Crippen LogP contribution in [0.1, 0.15) is 29.3 Å². The second kappa shape index (κ2) is 8.93. The Kier molecular flexibility index (Phi) is 6.63. The molecule has 0 atom stereocenters. The summed E-state index contributed by atoms with van der Waals surface area (Å²) in [6.45, 7) is 2.64. The molecule has 126 valence electrons. The monoisotopic (exact) mass is 346 g/mol. The first-order valence-electron chi connectivity index (χ1n) is 7.54. The van der Waals surface area contributed by atoms with E-state index in [1.165, 1.54) is 6.21 Å². The van der Waals surface area contributed by atoms with Gasteiger partial charge in [0.05, 0.1) is 25.0 Å². The molecule has 0 aromatic heterocycles. The average Bonchev–Trinajstić information content (AvgIpc) is 2.61. The molecule has 2 rings (SSSR count). The second-order valence-corrected chi connectivity index (χ2v) is 5.38. The molecule has 0 aliphatic rings. The van der Waals surface area contributed by atoms with Crippen molar-refractivity contribution in [2.24, 2.45) is 5.10 Å². The lowest BCUT2D eigenvalue weighted by atomic mass is 10.2. The first-order valence-corrected chi connectivity index (χ1v) is 7.91. The molecule has 0 spiro atoms. The van der Waals surface area contributed by atoms with Gasteiger partial charge in [0.25, 0.3) is 5.91 Å². The summed E-state index contributed by atoms with van der Waals surface area (Å²) in [5.74, 6) is 0.927. The molecule has 0 aliphatic heterocycles. The van der Waals surface area contributed by atoms with Crippen LogP contribution in [0.3, 0.4) is 0 Å². The lowest BCUT2D eigenvalue weighted by Gasteiger charge is -2.07. The number of halogens is 1. The molecule has 0 bridgehead atoms. The summed E-state index contributed by atoms with van der Waals surface area (Å²) in [5, 5.41) is 4.45. The fourth-order valence-corrected chi connectivity index (χ4v) is 2.16. The minimum atomic E-state index is -0.320. The standard InChI is InChI=1S/C18H19ClN2O3/c1-3-9-24-17-8-7-13(10-16(17)19)12-20-21-18(22)14-5-4-6-15(11-14)23-2/h4-8,10-12H,3,9H2,1-2H3,(H,21,22)/b20-12+. The van der Waals surface area contributed by atoms with E-state index in [-0.39, 0.29) is 5.91 Å². The second-order valence-electron chi connectivity index (χ2n) is 4.97. The molecule has 2 aromatic carbocycles. The van der Waals surface area contributed by atoms with E-state index in [0.717, 1.165) is 12.0 Å². The minimum absolute atomic E-state index is 0.320. The van der Waals surface area contributed by atoms with Crippen LogP contribution in [0.5, 0.6) is 11.5 Å². The third-order valence-corrected chi connectivity index (χ3v) is 3.42. The van der Waals surface area contributed by atoms with Gasteiger partial charge in [0.15, 0.2) is 0 Å². The molecule has 1 N–H and O–H groups in total. The number of benzene rings is 2. The number of ether oxygens (including phenoxy) is 2. The highest BCUT2D eigenvalue weighted by Crippen LogP contribution is 2.25. The molecule has 0 unspecified atom stereocenters. The lowest BCUT2D eigenvalue weighted by molar-refractivity contribution is 0.0955. The van der Waals surface area contributed by atoms with Crippen molar-refractivity contribution < 1.29 is 14.3 Å². The fourth-order valence-electron chi connectivity index (χ4n) is 1.92. The van der Waals surface area contributed by atoms with Crippen molar-refractivity contribution in [3.8, 4) is 11.5 Å². The van der Waals surface area contributed by atoms with Crippen molar-refractivity contribution in [1.82, 2.24) is 5.43 Å². The normalized spacial score (nSPS) is 10.6. The maximum absolute atomic E-state index is 12.0. The Morgan fingerprint density at radius 3 is 2.83 bits per heavy atom. The molecule has 0 saturated heterocycles. The van der Waals surface area contributed by atoms with Gasteiger partial charge in [0, 0.05) is 5.56 Å². The molecule has 2 aromatic rings. The Bertz CT molecular complexity index is 732. The third kappa shape index (κ3) is 4.99. The highest BCUT2D eigenvalue weighted by atomic mass is 35.5. The van der Waals surface area contributed by atoms with E-state index in [1.807, 2.05) is 13.0 Å². The van der Waals surface area contributed by atoms with Crippen LogP contribution in [0.15, 0.2) is 47.6 Å². The van der Waals surface area contributed by atoms with E-state index in [4.69, 9.17) is 21.1 Å². The van der Waals surface area contributed by atoms with E-state index < -0.39 is 0 Å². The van der Waals surface area contributed by atoms with Gasteiger partial charge in [-0.1, -0.05) is 24.6 Å². The zero-order chi connectivity index (χ0) is 17.4. The SMILES string of the molecule is CCCOc1ccc(/C=N/NC(=O)c2cccc(OC)c2)cc1Cl. The molecule has 6 heteroatoms. The van der Waals surface area contributed by atoms with Gasteiger partial charge in [-0.15, -0.1) is 0 Å². The zero-order valence-corrected chi connectivity index (χ0v) is 14.3.